The highest BCUT2D eigenvalue weighted by molar-refractivity contribution is 5.92. The smallest absolute Gasteiger partial charge is 0.303 e. The first-order valence-electron chi connectivity index (χ1n) is 10.9. The summed E-state index contributed by atoms with van der Waals surface area (Å²) in [6, 6.07) is 9.94. The van der Waals surface area contributed by atoms with Crippen LogP contribution in [0.3, 0.4) is 0 Å². The maximum absolute atomic E-state index is 12.8. The van der Waals surface area contributed by atoms with Gasteiger partial charge in [-0.05, 0) is 19.8 Å². The Kier molecular flexibility index (Phi) is 10.1. The molecule has 0 radical (unpaired) electrons. The van der Waals surface area contributed by atoms with Crippen molar-refractivity contribution in [1.82, 2.24) is 10.5 Å². The van der Waals surface area contributed by atoms with Gasteiger partial charge in [-0.3, -0.25) is 24.0 Å². The summed E-state index contributed by atoms with van der Waals surface area (Å²) < 4.78 is 5.30. The summed E-state index contributed by atoms with van der Waals surface area (Å²) in [5.41, 5.74) is 1.39. The third-order valence-corrected chi connectivity index (χ3v) is 5.33. The highest BCUT2D eigenvalue weighted by atomic mass is 16.5. The van der Waals surface area contributed by atoms with Gasteiger partial charge in [0.2, 0.25) is 5.91 Å². The molecule has 0 aliphatic carbocycles. The van der Waals surface area contributed by atoms with E-state index in [1.54, 1.807) is 6.07 Å². The predicted molar refractivity (Wildman–Crippen MR) is 120 cm³/mol. The van der Waals surface area contributed by atoms with Crippen LogP contribution in [0.2, 0.25) is 0 Å². The topological polar surface area (TPSA) is 164 Å². The first-order chi connectivity index (χ1) is 16.2. The Bertz CT molecular complexity index is 1010. The highest BCUT2D eigenvalue weighted by Crippen LogP contribution is 2.20. The quantitative estimate of drug-likeness (QED) is 0.353. The lowest BCUT2D eigenvalue weighted by Gasteiger charge is -2.20. The number of aryl methyl sites for hydroxylation is 1. The monoisotopic (exact) mass is 472 g/mol. The van der Waals surface area contributed by atoms with Gasteiger partial charge < -0.3 is 20.1 Å². The van der Waals surface area contributed by atoms with Crippen LogP contribution < -0.4 is 5.32 Å². The molecule has 0 unspecified atom stereocenters. The van der Waals surface area contributed by atoms with Crippen molar-refractivity contribution < 1.29 is 38.7 Å². The molecule has 0 spiro atoms. The number of benzene rings is 1. The molecule has 3 N–H and O–H groups in total. The second-order valence-corrected chi connectivity index (χ2v) is 8.01. The van der Waals surface area contributed by atoms with E-state index in [1.807, 2.05) is 30.3 Å². The number of carbonyl (C=O) groups excluding carboxylic acids is 3. The number of hydrogen-bond acceptors (Lipinski definition) is 7. The average molecular weight is 472 g/mol. The van der Waals surface area contributed by atoms with Crippen molar-refractivity contribution in [3.8, 4) is 11.3 Å². The lowest BCUT2D eigenvalue weighted by atomic mass is 9.90. The fraction of sp³-hybridized carbons (Fsp3) is 0.417. The summed E-state index contributed by atoms with van der Waals surface area (Å²) in [7, 11) is 0. The summed E-state index contributed by atoms with van der Waals surface area (Å²) in [4.78, 5) is 58.8. The number of carboxylic acids is 2. The number of hydrogen-bond donors (Lipinski definition) is 3. The van der Waals surface area contributed by atoms with Crippen molar-refractivity contribution in [1.29, 1.82) is 0 Å². The standard InChI is InChI=1S/C24H28N2O8/c1-15(27)17(7-11-23(30)31)13-20(28)19(9-12-24(32)33)25-22(29)10-8-18-14-21(34-26-18)16-5-3-2-4-6-16/h2-6,14,17,19H,7-13H2,1H3,(H,25,29)(H,30,31)(H,32,33)/t17-,19+/m1/s1. The van der Waals surface area contributed by atoms with Gasteiger partial charge in [0.25, 0.3) is 0 Å². The molecule has 1 aromatic heterocycles. The van der Waals surface area contributed by atoms with Gasteiger partial charge >= 0.3 is 11.9 Å². The molecular weight excluding hydrogens is 444 g/mol. The molecule has 2 rings (SSSR count). The fourth-order valence-electron chi connectivity index (χ4n) is 3.39. The number of ketones is 2. The summed E-state index contributed by atoms with van der Waals surface area (Å²) in [5, 5.41) is 24.3. The van der Waals surface area contributed by atoms with Crippen LogP contribution in [0.25, 0.3) is 11.3 Å². The van der Waals surface area contributed by atoms with E-state index in [-0.39, 0.29) is 50.7 Å². The van der Waals surface area contributed by atoms with E-state index in [0.717, 1.165) is 5.56 Å². The molecule has 0 bridgehead atoms. The molecule has 0 aliphatic rings. The van der Waals surface area contributed by atoms with Crippen LogP contribution in [0.5, 0.6) is 0 Å². The molecule has 1 amide bonds. The maximum Gasteiger partial charge on any atom is 0.303 e. The van der Waals surface area contributed by atoms with Crippen LogP contribution in [-0.4, -0.2) is 50.8 Å². The fourth-order valence-corrected chi connectivity index (χ4v) is 3.39. The van der Waals surface area contributed by atoms with Gasteiger partial charge in [0.1, 0.15) is 5.78 Å². The Morgan fingerprint density at radius 2 is 1.62 bits per heavy atom. The average Bonchev–Trinajstić information content (AvgIpc) is 3.27. The summed E-state index contributed by atoms with van der Waals surface area (Å²) in [5.74, 6) is -3.78. The number of aromatic nitrogens is 1. The number of rotatable bonds is 15. The molecule has 2 aromatic rings. The van der Waals surface area contributed by atoms with Crippen LogP contribution in [0.4, 0.5) is 0 Å². The zero-order chi connectivity index (χ0) is 25.1. The number of aliphatic carboxylic acids is 2. The van der Waals surface area contributed by atoms with Gasteiger partial charge in [0, 0.05) is 49.7 Å². The Morgan fingerprint density at radius 1 is 0.971 bits per heavy atom. The number of nitrogens with zero attached hydrogens (tertiary/aromatic N) is 1. The molecule has 182 valence electrons. The predicted octanol–water partition coefficient (Wildman–Crippen LogP) is 2.65. The molecule has 0 saturated heterocycles. The van der Waals surface area contributed by atoms with Crippen molar-refractivity contribution in [2.24, 2.45) is 5.92 Å². The van der Waals surface area contributed by atoms with Gasteiger partial charge in [-0.25, -0.2) is 0 Å². The minimum Gasteiger partial charge on any atom is -0.481 e. The van der Waals surface area contributed by atoms with Gasteiger partial charge in [-0.1, -0.05) is 35.5 Å². The minimum atomic E-state index is -1.13. The van der Waals surface area contributed by atoms with Crippen molar-refractivity contribution in [3.05, 3.63) is 42.1 Å². The third-order valence-electron chi connectivity index (χ3n) is 5.33. The molecule has 10 heteroatoms. The number of amides is 1. The zero-order valence-electron chi connectivity index (χ0n) is 18.9. The zero-order valence-corrected chi connectivity index (χ0v) is 18.9. The van der Waals surface area contributed by atoms with Crippen LogP contribution in [0, 0.1) is 5.92 Å². The van der Waals surface area contributed by atoms with Gasteiger partial charge in [-0.2, -0.15) is 0 Å². The van der Waals surface area contributed by atoms with E-state index in [2.05, 4.69) is 10.5 Å². The van der Waals surface area contributed by atoms with Crippen LogP contribution in [0.1, 0.15) is 51.1 Å². The number of Topliss-reactive ketones (excluding diaryl/α,β-unsaturated/α-hetero) is 2. The molecular formula is C24H28N2O8. The molecule has 2 atom stereocenters. The molecule has 0 fully saturated rings. The second kappa shape index (κ2) is 13.0. The normalized spacial score (nSPS) is 12.5. The molecule has 0 aliphatic heterocycles. The summed E-state index contributed by atoms with van der Waals surface area (Å²) in [6.45, 7) is 1.27. The largest absolute Gasteiger partial charge is 0.481 e. The van der Waals surface area contributed by atoms with E-state index in [0.29, 0.717) is 11.5 Å². The Labute approximate surface area is 196 Å². The van der Waals surface area contributed by atoms with E-state index < -0.39 is 35.6 Å². The second-order valence-electron chi connectivity index (χ2n) is 8.01. The molecule has 0 saturated carbocycles. The van der Waals surface area contributed by atoms with E-state index in [9.17, 15) is 24.0 Å². The summed E-state index contributed by atoms with van der Waals surface area (Å²) in [6.07, 6.45) is -0.787. The SMILES string of the molecule is CC(=O)[C@H](CCC(=O)O)CC(=O)[C@H](CCC(=O)O)NC(=O)CCc1cc(-c2ccccc2)on1. The number of carboxylic acid groups (broad SMARTS) is 2. The van der Waals surface area contributed by atoms with E-state index in [1.165, 1.54) is 6.92 Å². The molecule has 34 heavy (non-hydrogen) atoms. The van der Waals surface area contributed by atoms with E-state index >= 15 is 0 Å². The summed E-state index contributed by atoms with van der Waals surface area (Å²) >= 11 is 0. The van der Waals surface area contributed by atoms with E-state index in [4.69, 9.17) is 14.7 Å². The van der Waals surface area contributed by atoms with Crippen molar-refractivity contribution in [2.45, 2.75) is 57.9 Å². The Balaban J connectivity index is 1.96. The van der Waals surface area contributed by atoms with Crippen molar-refractivity contribution in [3.63, 3.8) is 0 Å². The highest BCUT2D eigenvalue weighted by Gasteiger charge is 2.27. The van der Waals surface area contributed by atoms with Crippen molar-refractivity contribution >= 4 is 29.4 Å². The van der Waals surface area contributed by atoms with Gasteiger partial charge in [0.05, 0.1) is 11.7 Å². The maximum atomic E-state index is 12.8. The number of nitrogens with one attached hydrogen (secondary N) is 1. The molecule has 1 aromatic carbocycles. The van der Waals surface area contributed by atoms with Crippen LogP contribution in [0.15, 0.2) is 40.9 Å². The first-order valence-corrected chi connectivity index (χ1v) is 10.9. The van der Waals surface area contributed by atoms with Crippen molar-refractivity contribution in [2.75, 3.05) is 0 Å². The van der Waals surface area contributed by atoms with Gasteiger partial charge in [-0.15, -0.1) is 0 Å². The molecule has 10 nitrogen and oxygen atoms in total. The lowest BCUT2D eigenvalue weighted by molar-refractivity contribution is -0.139. The van der Waals surface area contributed by atoms with Gasteiger partial charge in [0.15, 0.2) is 11.5 Å². The minimum absolute atomic E-state index is 0.00718. The van der Waals surface area contributed by atoms with Crippen LogP contribution in [-0.2, 0) is 30.4 Å². The Morgan fingerprint density at radius 3 is 2.24 bits per heavy atom. The molecule has 1 heterocycles. The number of carbonyl (C=O) groups is 5. The van der Waals surface area contributed by atoms with Crippen LogP contribution >= 0.6 is 0 Å². The Hall–Kier alpha value is -3.82. The first kappa shape index (κ1) is 26.4. The lowest BCUT2D eigenvalue weighted by Crippen LogP contribution is -2.42. The third kappa shape index (κ3) is 8.97.